The first kappa shape index (κ1) is 26.7. The lowest BCUT2D eigenvalue weighted by molar-refractivity contribution is -0.0744. The van der Waals surface area contributed by atoms with Crippen LogP contribution in [-0.2, 0) is 11.3 Å². The van der Waals surface area contributed by atoms with E-state index in [9.17, 15) is 5.11 Å². The van der Waals surface area contributed by atoms with Crippen LogP contribution in [0.15, 0.2) is 85.2 Å². The summed E-state index contributed by atoms with van der Waals surface area (Å²) in [7, 11) is 1.50. The molecule has 0 radical (unpaired) electrons. The maximum atomic E-state index is 10.2. The van der Waals surface area contributed by atoms with Gasteiger partial charge in [0.15, 0.2) is 22.9 Å². The highest BCUT2D eigenvalue weighted by atomic mass is 32.1. The van der Waals surface area contributed by atoms with E-state index >= 15 is 0 Å². The number of rotatable bonds is 8. The van der Waals surface area contributed by atoms with Gasteiger partial charge in [0.2, 0.25) is 0 Å². The van der Waals surface area contributed by atoms with Gasteiger partial charge in [0.25, 0.3) is 0 Å². The van der Waals surface area contributed by atoms with E-state index in [4.69, 9.17) is 14.7 Å². The molecule has 0 saturated carbocycles. The number of fused-ring (bicyclic) bond motifs is 1. The lowest BCUT2D eigenvalue weighted by Gasteiger charge is -2.30. The number of H-pyrrole nitrogens is 1. The zero-order valence-corrected chi connectivity index (χ0v) is 24.0. The van der Waals surface area contributed by atoms with Gasteiger partial charge < -0.3 is 9.84 Å². The number of nitrogens with one attached hydrogen (secondary N) is 1. The van der Waals surface area contributed by atoms with Crippen molar-refractivity contribution in [2.24, 2.45) is 0 Å². The van der Waals surface area contributed by atoms with Crippen molar-refractivity contribution >= 4 is 16.3 Å². The normalized spacial score (nSPS) is 15.4. The van der Waals surface area contributed by atoms with Gasteiger partial charge in [0, 0.05) is 43.1 Å². The van der Waals surface area contributed by atoms with Gasteiger partial charge in [-0.2, -0.15) is 5.10 Å². The van der Waals surface area contributed by atoms with Gasteiger partial charge in [-0.25, -0.2) is 9.97 Å². The van der Waals surface area contributed by atoms with E-state index in [2.05, 4.69) is 60.9 Å². The maximum Gasteiger partial charge on any atom is 0.195 e. The summed E-state index contributed by atoms with van der Waals surface area (Å²) in [6.45, 7) is 2.91. The van der Waals surface area contributed by atoms with E-state index in [1.54, 1.807) is 6.20 Å². The Balaban J connectivity index is 1.05. The van der Waals surface area contributed by atoms with Crippen molar-refractivity contribution in [1.29, 1.82) is 0 Å². The number of hydrogen-bond acceptors (Lipinski definition) is 8. The minimum Gasteiger partial charge on any atom is -0.364 e. The van der Waals surface area contributed by atoms with Crippen molar-refractivity contribution in [3.05, 3.63) is 101 Å². The molecule has 0 amide bonds. The van der Waals surface area contributed by atoms with Crippen LogP contribution in [0.5, 0.6) is 0 Å². The van der Waals surface area contributed by atoms with Crippen LogP contribution in [0.1, 0.15) is 41.3 Å². The van der Waals surface area contributed by atoms with Crippen molar-refractivity contribution < 1.29 is 9.84 Å². The van der Waals surface area contributed by atoms with E-state index in [1.165, 1.54) is 24.0 Å². The van der Waals surface area contributed by atoms with E-state index in [0.29, 0.717) is 5.92 Å². The number of aromatic amines is 1. The Hall–Kier alpha value is -4.22. The number of pyridine rings is 1. The van der Waals surface area contributed by atoms with Crippen LogP contribution in [0.2, 0.25) is 0 Å². The summed E-state index contributed by atoms with van der Waals surface area (Å²) in [4.78, 5) is 18.1. The van der Waals surface area contributed by atoms with Gasteiger partial charge in [0.1, 0.15) is 5.69 Å². The summed E-state index contributed by atoms with van der Waals surface area (Å²) in [5.74, 6) is 1.97. The van der Waals surface area contributed by atoms with Crippen molar-refractivity contribution in [2.45, 2.75) is 31.6 Å². The minimum absolute atomic E-state index is 0.356. The third kappa shape index (κ3) is 5.25. The number of imidazole rings is 1. The molecule has 42 heavy (non-hydrogen) atoms. The molecule has 5 heterocycles. The SMILES string of the molecule is COC(O)c1cn2c(-c3ccccc3)c(-c3ccc(CN4CCC(c5n[nH]c(-c6ccccn6)n5)CC4)cc3)nc2s1. The molecule has 1 saturated heterocycles. The lowest BCUT2D eigenvalue weighted by atomic mass is 9.95. The van der Waals surface area contributed by atoms with Crippen LogP contribution in [0.25, 0.3) is 39.0 Å². The second-order valence-electron chi connectivity index (χ2n) is 10.6. The van der Waals surface area contributed by atoms with Gasteiger partial charge in [-0.15, -0.1) is 0 Å². The molecule has 0 aliphatic carbocycles. The Labute approximate surface area is 247 Å². The minimum atomic E-state index is -0.965. The first-order chi connectivity index (χ1) is 20.7. The molecule has 1 atom stereocenters. The molecule has 6 aromatic rings. The van der Waals surface area contributed by atoms with Crippen LogP contribution < -0.4 is 0 Å². The molecule has 1 fully saturated rings. The fourth-order valence-corrected chi connectivity index (χ4v) is 6.56. The van der Waals surface area contributed by atoms with Crippen molar-refractivity contribution in [3.8, 4) is 34.0 Å². The zero-order chi connectivity index (χ0) is 28.5. The number of aliphatic hydroxyl groups excluding tert-OH is 1. The molecule has 1 aliphatic rings. The maximum absolute atomic E-state index is 10.2. The van der Waals surface area contributed by atoms with Crippen molar-refractivity contribution in [2.75, 3.05) is 20.2 Å². The predicted molar refractivity (Wildman–Crippen MR) is 163 cm³/mol. The monoisotopic (exact) mass is 577 g/mol. The average molecular weight is 578 g/mol. The highest BCUT2D eigenvalue weighted by molar-refractivity contribution is 7.17. The average Bonchev–Trinajstić information content (AvgIpc) is 3.78. The second kappa shape index (κ2) is 11.6. The van der Waals surface area contributed by atoms with Crippen LogP contribution in [0, 0.1) is 0 Å². The highest BCUT2D eigenvalue weighted by Crippen LogP contribution is 2.37. The first-order valence-corrected chi connectivity index (χ1v) is 14.9. The van der Waals surface area contributed by atoms with Gasteiger partial charge in [0.05, 0.1) is 16.3 Å². The van der Waals surface area contributed by atoms with E-state index < -0.39 is 6.29 Å². The van der Waals surface area contributed by atoms with Crippen LogP contribution in [0.3, 0.4) is 0 Å². The fraction of sp³-hybridized carbons (Fsp3) is 0.250. The molecule has 4 aromatic heterocycles. The number of thiazole rings is 1. The molecule has 7 rings (SSSR count). The third-order valence-corrected chi connectivity index (χ3v) is 8.87. The van der Waals surface area contributed by atoms with Crippen LogP contribution in [0.4, 0.5) is 0 Å². The molecule has 212 valence electrons. The van der Waals surface area contributed by atoms with Crippen LogP contribution >= 0.6 is 11.3 Å². The molecule has 9 nitrogen and oxygen atoms in total. The fourth-order valence-electron chi connectivity index (χ4n) is 5.62. The number of ether oxygens (including phenoxy) is 1. The number of hydrogen-bond donors (Lipinski definition) is 2. The number of aromatic nitrogens is 6. The first-order valence-electron chi connectivity index (χ1n) is 14.1. The molecule has 10 heteroatoms. The summed E-state index contributed by atoms with van der Waals surface area (Å²) >= 11 is 1.44. The van der Waals surface area contributed by atoms with Gasteiger partial charge >= 0.3 is 0 Å². The largest absolute Gasteiger partial charge is 0.364 e. The van der Waals surface area contributed by atoms with Gasteiger partial charge in [-0.3, -0.25) is 19.4 Å². The quantitative estimate of drug-likeness (QED) is 0.216. The number of likely N-dealkylation sites (tertiary alicyclic amines) is 1. The molecule has 1 aliphatic heterocycles. The van der Waals surface area contributed by atoms with Gasteiger partial charge in [-0.05, 0) is 43.6 Å². The summed E-state index contributed by atoms with van der Waals surface area (Å²) in [6, 6.07) is 24.8. The number of methoxy groups -OCH3 is 1. The molecular weight excluding hydrogens is 546 g/mol. The third-order valence-electron chi connectivity index (χ3n) is 7.85. The Bertz CT molecular complexity index is 1770. The zero-order valence-electron chi connectivity index (χ0n) is 23.2. The Morgan fingerprint density at radius 1 is 0.976 bits per heavy atom. The number of nitrogens with zero attached hydrogens (tertiary/aromatic N) is 6. The number of aliphatic hydroxyl groups is 1. The molecular formula is C32H31N7O2S. The Kier molecular flexibility index (Phi) is 7.35. The molecule has 0 spiro atoms. The molecule has 1 unspecified atom stereocenters. The van der Waals surface area contributed by atoms with Crippen molar-refractivity contribution in [1.82, 2.24) is 34.4 Å². The Morgan fingerprint density at radius 2 is 1.76 bits per heavy atom. The lowest BCUT2D eigenvalue weighted by Crippen LogP contribution is -2.32. The standard InChI is InChI=1S/C32H31N7O2S/c1-41-31(40)26-20-39-28(23-7-3-2-4-8-23)27(34-32(39)42-26)22-12-10-21(11-13-22)19-38-17-14-24(15-18-38)29-35-30(37-36-29)25-9-5-6-16-33-25/h2-13,16,20,24,31,40H,14-15,17-19H2,1H3,(H,35,36,37). The number of piperidine rings is 1. The van der Waals surface area contributed by atoms with E-state index in [1.807, 2.05) is 42.6 Å². The summed E-state index contributed by atoms with van der Waals surface area (Å²) in [6.07, 6.45) is 4.79. The summed E-state index contributed by atoms with van der Waals surface area (Å²) in [5, 5.41) is 17.8. The predicted octanol–water partition coefficient (Wildman–Crippen LogP) is 5.93. The van der Waals surface area contributed by atoms with E-state index in [-0.39, 0.29) is 0 Å². The molecule has 2 N–H and O–H groups in total. The van der Waals surface area contributed by atoms with Crippen molar-refractivity contribution in [3.63, 3.8) is 0 Å². The smallest absolute Gasteiger partial charge is 0.195 e. The summed E-state index contributed by atoms with van der Waals surface area (Å²) < 4.78 is 7.18. The van der Waals surface area contributed by atoms with Crippen LogP contribution in [-0.4, -0.2) is 59.8 Å². The second-order valence-corrected chi connectivity index (χ2v) is 11.6. The Morgan fingerprint density at radius 3 is 2.50 bits per heavy atom. The number of benzene rings is 2. The summed E-state index contributed by atoms with van der Waals surface area (Å²) in [5.41, 5.74) is 6.16. The molecule has 0 bridgehead atoms. The van der Waals surface area contributed by atoms with Gasteiger partial charge in [-0.1, -0.05) is 72.0 Å². The topological polar surface area (TPSA) is 104 Å². The molecule has 2 aromatic carbocycles. The van der Waals surface area contributed by atoms with E-state index in [0.717, 1.165) is 82.2 Å². The highest BCUT2D eigenvalue weighted by Gasteiger charge is 2.25.